The van der Waals surface area contributed by atoms with Gasteiger partial charge in [0.1, 0.15) is 11.6 Å². The summed E-state index contributed by atoms with van der Waals surface area (Å²) in [7, 11) is 1.63. The Labute approximate surface area is 89.7 Å². The molecule has 0 aliphatic carbocycles. The predicted octanol–water partition coefficient (Wildman–Crippen LogP) is 2.16. The van der Waals surface area contributed by atoms with E-state index in [-0.39, 0.29) is 0 Å². The summed E-state index contributed by atoms with van der Waals surface area (Å²) in [4.78, 5) is 6.40. The number of anilines is 1. The Morgan fingerprint density at radius 3 is 2.71 bits per heavy atom. The Balaban J connectivity index is 2.73. The molecule has 0 saturated heterocycles. The Morgan fingerprint density at radius 2 is 2.29 bits per heavy atom. The molecule has 1 heterocycles. The van der Waals surface area contributed by atoms with Crippen molar-refractivity contribution in [3.63, 3.8) is 0 Å². The van der Waals surface area contributed by atoms with Crippen molar-refractivity contribution >= 4 is 17.4 Å². The summed E-state index contributed by atoms with van der Waals surface area (Å²) < 4.78 is 5.04. The van der Waals surface area contributed by atoms with Crippen molar-refractivity contribution in [2.24, 2.45) is 0 Å². The van der Waals surface area contributed by atoms with Crippen LogP contribution >= 0.6 is 11.6 Å². The lowest BCUT2D eigenvalue weighted by Gasteiger charge is -2.20. The van der Waals surface area contributed by atoms with Crippen LogP contribution in [0.15, 0.2) is 18.3 Å². The molecule has 1 rings (SSSR count). The maximum Gasteiger partial charge on any atom is 0.137 e. The lowest BCUT2D eigenvalue weighted by molar-refractivity contribution is 0.413. The van der Waals surface area contributed by atoms with Crippen molar-refractivity contribution in [3.05, 3.63) is 18.3 Å². The minimum atomic E-state index is 0.613. The highest BCUT2D eigenvalue weighted by molar-refractivity contribution is 6.18. The Bertz CT molecular complexity index is 263. The van der Waals surface area contributed by atoms with E-state index < -0.39 is 0 Å². The summed E-state index contributed by atoms with van der Waals surface area (Å²) in [5.41, 5.74) is 0. The van der Waals surface area contributed by atoms with Crippen molar-refractivity contribution in [2.75, 3.05) is 31.0 Å². The number of hydrogen-bond acceptors (Lipinski definition) is 3. The van der Waals surface area contributed by atoms with Gasteiger partial charge in [0, 0.05) is 19.0 Å². The number of rotatable bonds is 5. The van der Waals surface area contributed by atoms with Gasteiger partial charge in [-0.05, 0) is 19.1 Å². The van der Waals surface area contributed by atoms with Crippen molar-refractivity contribution < 1.29 is 4.74 Å². The number of halogens is 1. The summed E-state index contributed by atoms with van der Waals surface area (Å²) in [5, 5.41) is 0. The van der Waals surface area contributed by atoms with Gasteiger partial charge in [0.15, 0.2) is 0 Å². The van der Waals surface area contributed by atoms with Gasteiger partial charge in [-0.2, -0.15) is 0 Å². The van der Waals surface area contributed by atoms with Gasteiger partial charge in [-0.15, -0.1) is 11.6 Å². The van der Waals surface area contributed by atoms with Crippen LogP contribution in [0.2, 0.25) is 0 Å². The lowest BCUT2D eigenvalue weighted by atomic mass is 10.4. The molecule has 3 nitrogen and oxygen atoms in total. The topological polar surface area (TPSA) is 25.4 Å². The van der Waals surface area contributed by atoms with Gasteiger partial charge < -0.3 is 9.64 Å². The SMILES string of the molecule is CCN(CCCl)c1ccc(OC)cn1. The maximum absolute atomic E-state index is 5.69. The van der Waals surface area contributed by atoms with Crippen molar-refractivity contribution in [1.82, 2.24) is 4.98 Å². The molecule has 1 aromatic heterocycles. The molecule has 0 atom stereocenters. The van der Waals surface area contributed by atoms with Crippen LogP contribution in [-0.4, -0.2) is 31.1 Å². The molecule has 0 radical (unpaired) electrons. The van der Waals surface area contributed by atoms with Crippen LogP contribution in [0, 0.1) is 0 Å². The molecule has 0 aliphatic heterocycles. The van der Waals surface area contributed by atoms with E-state index in [1.54, 1.807) is 13.3 Å². The average molecular weight is 215 g/mol. The van der Waals surface area contributed by atoms with Gasteiger partial charge in [0.25, 0.3) is 0 Å². The molecule has 0 unspecified atom stereocenters. The van der Waals surface area contributed by atoms with E-state index >= 15 is 0 Å². The smallest absolute Gasteiger partial charge is 0.137 e. The molecule has 0 bridgehead atoms. The molecule has 14 heavy (non-hydrogen) atoms. The molecule has 0 fully saturated rings. The molecule has 0 spiro atoms. The summed E-state index contributed by atoms with van der Waals surface area (Å²) in [5.74, 6) is 2.33. The van der Waals surface area contributed by atoms with Crippen LogP contribution in [0.3, 0.4) is 0 Å². The largest absolute Gasteiger partial charge is 0.495 e. The molecule has 0 amide bonds. The van der Waals surface area contributed by atoms with Gasteiger partial charge in [-0.25, -0.2) is 4.98 Å². The molecule has 0 aromatic carbocycles. The zero-order valence-corrected chi connectivity index (χ0v) is 9.29. The van der Waals surface area contributed by atoms with Crippen molar-refractivity contribution in [2.45, 2.75) is 6.92 Å². The molecule has 0 aliphatic rings. The van der Waals surface area contributed by atoms with E-state index in [1.807, 2.05) is 12.1 Å². The van der Waals surface area contributed by atoms with E-state index in [2.05, 4.69) is 16.8 Å². The third-order valence-electron chi connectivity index (χ3n) is 2.02. The second kappa shape index (κ2) is 5.70. The van der Waals surface area contributed by atoms with Gasteiger partial charge >= 0.3 is 0 Å². The zero-order chi connectivity index (χ0) is 10.4. The number of methoxy groups -OCH3 is 1. The first-order valence-electron chi connectivity index (χ1n) is 4.62. The minimum absolute atomic E-state index is 0.613. The average Bonchev–Trinajstić information content (AvgIpc) is 2.26. The van der Waals surface area contributed by atoms with Crippen LogP contribution < -0.4 is 9.64 Å². The fraction of sp³-hybridized carbons (Fsp3) is 0.500. The first-order valence-corrected chi connectivity index (χ1v) is 5.16. The standard InChI is InChI=1S/C10H15ClN2O/c1-3-13(7-6-11)10-5-4-9(14-2)8-12-10/h4-5,8H,3,6-7H2,1-2H3. The van der Waals surface area contributed by atoms with Gasteiger partial charge in [-0.1, -0.05) is 0 Å². The predicted molar refractivity (Wildman–Crippen MR) is 59.4 cm³/mol. The fourth-order valence-corrected chi connectivity index (χ4v) is 1.42. The van der Waals surface area contributed by atoms with Crippen LogP contribution in [0.4, 0.5) is 5.82 Å². The first-order chi connectivity index (χ1) is 6.81. The van der Waals surface area contributed by atoms with Gasteiger partial charge in [-0.3, -0.25) is 0 Å². The normalized spacial score (nSPS) is 9.93. The summed E-state index contributed by atoms with van der Waals surface area (Å²) >= 11 is 5.69. The number of hydrogen-bond donors (Lipinski definition) is 0. The highest BCUT2D eigenvalue weighted by Gasteiger charge is 2.04. The second-order valence-electron chi connectivity index (χ2n) is 2.82. The van der Waals surface area contributed by atoms with Crippen LogP contribution in [-0.2, 0) is 0 Å². The number of nitrogens with zero attached hydrogens (tertiary/aromatic N) is 2. The quantitative estimate of drug-likeness (QED) is 0.703. The van der Waals surface area contributed by atoms with E-state index in [0.29, 0.717) is 5.88 Å². The van der Waals surface area contributed by atoms with Crippen LogP contribution in [0.25, 0.3) is 0 Å². The monoisotopic (exact) mass is 214 g/mol. The third kappa shape index (κ3) is 2.77. The Morgan fingerprint density at radius 1 is 1.50 bits per heavy atom. The molecule has 4 heteroatoms. The Kier molecular flexibility index (Phi) is 4.53. The van der Waals surface area contributed by atoms with Gasteiger partial charge in [0.05, 0.1) is 13.3 Å². The summed E-state index contributed by atoms with van der Waals surface area (Å²) in [6.07, 6.45) is 1.71. The van der Waals surface area contributed by atoms with Crippen molar-refractivity contribution in [3.8, 4) is 5.75 Å². The molecule has 0 N–H and O–H groups in total. The number of aromatic nitrogens is 1. The van der Waals surface area contributed by atoms with Crippen LogP contribution in [0.5, 0.6) is 5.75 Å². The van der Waals surface area contributed by atoms with Crippen LogP contribution in [0.1, 0.15) is 6.92 Å². The lowest BCUT2D eigenvalue weighted by Crippen LogP contribution is -2.25. The molecule has 78 valence electrons. The molecule has 1 aromatic rings. The first kappa shape index (κ1) is 11.1. The summed E-state index contributed by atoms with van der Waals surface area (Å²) in [6.45, 7) is 3.81. The molecule has 0 saturated carbocycles. The second-order valence-corrected chi connectivity index (χ2v) is 3.20. The number of alkyl halides is 1. The zero-order valence-electron chi connectivity index (χ0n) is 8.53. The Hall–Kier alpha value is -0.960. The summed E-state index contributed by atoms with van der Waals surface area (Å²) in [6, 6.07) is 3.84. The number of ether oxygens (including phenoxy) is 1. The fourth-order valence-electron chi connectivity index (χ4n) is 1.22. The highest BCUT2D eigenvalue weighted by Crippen LogP contribution is 2.14. The highest BCUT2D eigenvalue weighted by atomic mass is 35.5. The minimum Gasteiger partial charge on any atom is -0.495 e. The number of pyridine rings is 1. The maximum atomic E-state index is 5.69. The van der Waals surface area contributed by atoms with Crippen molar-refractivity contribution in [1.29, 1.82) is 0 Å². The molecular formula is C10H15ClN2O. The van der Waals surface area contributed by atoms with E-state index in [9.17, 15) is 0 Å². The van der Waals surface area contributed by atoms with E-state index in [1.165, 1.54) is 0 Å². The van der Waals surface area contributed by atoms with Gasteiger partial charge in [0.2, 0.25) is 0 Å². The third-order valence-corrected chi connectivity index (χ3v) is 2.19. The van der Waals surface area contributed by atoms with E-state index in [4.69, 9.17) is 16.3 Å². The van der Waals surface area contributed by atoms with E-state index in [0.717, 1.165) is 24.7 Å². The molecular weight excluding hydrogens is 200 g/mol.